The summed E-state index contributed by atoms with van der Waals surface area (Å²) in [7, 11) is 0. The molecule has 0 aliphatic carbocycles. The van der Waals surface area contributed by atoms with Crippen molar-refractivity contribution in [1.82, 2.24) is 9.80 Å². The van der Waals surface area contributed by atoms with Gasteiger partial charge in [-0.1, -0.05) is 0 Å². The normalized spacial score (nSPS) is 28.5. The molecule has 2 rings (SSSR count). The van der Waals surface area contributed by atoms with Crippen LogP contribution < -0.4 is 0 Å². The van der Waals surface area contributed by atoms with Gasteiger partial charge in [-0.05, 0) is 19.3 Å². The highest BCUT2D eigenvalue weighted by atomic mass is 32.2. The highest BCUT2D eigenvalue weighted by Gasteiger charge is 2.39. The fourth-order valence-corrected chi connectivity index (χ4v) is 3.58. The van der Waals surface area contributed by atoms with Gasteiger partial charge < -0.3 is 20.0 Å². The third-order valence-corrected chi connectivity index (χ3v) is 4.51. The van der Waals surface area contributed by atoms with Gasteiger partial charge in [-0.2, -0.15) is 0 Å². The van der Waals surface area contributed by atoms with E-state index in [4.69, 9.17) is 5.11 Å². The van der Waals surface area contributed by atoms with Crippen LogP contribution in [0.4, 0.5) is 4.79 Å². The van der Waals surface area contributed by atoms with Gasteiger partial charge in [0.2, 0.25) is 0 Å². The quantitative estimate of drug-likeness (QED) is 0.762. The molecule has 0 bridgehead atoms. The Labute approximate surface area is 110 Å². The number of hydrogen-bond donors (Lipinski definition) is 2. The van der Waals surface area contributed by atoms with E-state index in [9.17, 15) is 14.7 Å². The molecule has 2 aliphatic heterocycles. The van der Waals surface area contributed by atoms with E-state index in [1.165, 1.54) is 16.7 Å². The third-order valence-electron chi connectivity index (χ3n) is 3.50. The molecule has 2 N–H and O–H groups in total. The summed E-state index contributed by atoms with van der Waals surface area (Å²) in [6, 6.07) is -1.14. The molecule has 102 valence electrons. The van der Waals surface area contributed by atoms with Crippen LogP contribution in [0.2, 0.25) is 0 Å². The summed E-state index contributed by atoms with van der Waals surface area (Å²) < 4.78 is 0. The van der Waals surface area contributed by atoms with Gasteiger partial charge in [0.05, 0.1) is 18.5 Å². The maximum Gasteiger partial charge on any atom is 0.327 e. The van der Waals surface area contributed by atoms with Crippen LogP contribution in [0.5, 0.6) is 0 Å². The molecule has 2 fully saturated rings. The van der Waals surface area contributed by atoms with Crippen LogP contribution >= 0.6 is 11.8 Å². The Morgan fingerprint density at radius 3 is 2.72 bits per heavy atom. The molecule has 0 radical (unpaired) electrons. The van der Waals surface area contributed by atoms with Gasteiger partial charge in [-0.3, -0.25) is 0 Å². The van der Waals surface area contributed by atoms with E-state index in [2.05, 4.69) is 0 Å². The fraction of sp³-hybridized carbons (Fsp3) is 0.818. The van der Waals surface area contributed by atoms with E-state index in [1.807, 2.05) is 0 Å². The highest BCUT2D eigenvalue weighted by molar-refractivity contribution is 7.99. The average molecular weight is 274 g/mol. The molecule has 2 saturated heterocycles. The first kappa shape index (κ1) is 13.5. The predicted molar refractivity (Wildman–Crippen MR) is 67.4 cm³/mol. The lowest BCUT2D eigenvalue weighted by atomic mass is 10.0. The summed E-state index contributed by atoms with van der Waals surface area (Å²) in [5.74, 6) is -0.0886. The maximum atomic E-state index is 12.3. The van der Waals surface area contributed by atoms with E-state index in [0.717, 1.165) is 19.3 Å². The van der Waals surface area contributed by atoms with Crippen molar-refractivity contribution in [3.63, 3.8) is 0 Å². The Bertz CT molecular complexity index is 339. The molecular weight excluding hydrogens is 256 g/mol. The van der Waals surface area contributed by atoms with Gasteiger partial charge >= 0.3 is 12.0 Å². The van der Waals surface area contributed by atoms with Gasteiger partial charge in [0.1, 0.15) is 6.04 Å². The first-order chi connectivity index (χ1) is 8.65. The maximum absolute atomic E-state index is 12.3. The topological polar surface area (TPSA) is 81.1 Å². The smallest absolute Gasteiger partial charge is 0.327 e. The molecule has 7 heteroatoms. The summed E-state index contributed by atoms with van der Waals surface area (Å²) in [6.07, 6.45) is 2.72. The molecule has 2 aliphatic rings. The fourth-order valence-electron chi connectivity index (χ4n) is 2.44. The van der Waals surface area contributed by atoms with Gasteiger partial charge in [0, 0.05) is 12.3 Å². The predicted octanol–water partition coefficient (Wildman–Crippen LogP) is 0.413. The third kappa shape index (κ3) is 2.56. The first-order valence-electron chi connectivity index (χ1n) is 6.13. The summed E-state index contributed by atoms with van der Waals surface area (Å²) in [5, 5.41) is 18.4. The van der Waals surface area contributed by atoms with Crippen LogP contribution in [-0.4, -0.2) is 68.9 Å². The van der Waals surface area contributed by atoms with Crippen LogP contribution in [0, 0.1) is 0 Å². The lowest BCUT2D eigenvalue weighted by molar-refractivity contribution is -0.141. The number of aliphatic hydroxyl groups excluding tert-OH is 1. The summed E-state index contributed by atoms with van der Waals surface area (Å²) >= 11 is 1.45. The highest BCUT2D eigenvalue weighted by Crippen LogP contribution is 2.25. The van der Waals surface area contributed by atoms with Gasteiger partial charge in [0.25, 0.3) is 0 Å². The zero-order valence-electron chi connectivity index (χ0n) is 10.1. The molecule has 2 atom stereocenters. The van der Waals surface area contributed by atoms with Crippen molar-refractivity contribution in [3.05, 3.63) is 0 Å². The number of piperidine rings is 1. The largest absolute Gasteiger partial charge is 0.480 e. The second-order valence-corrected chi connectivity index (χ2v) is 5.63. The van der Waals surface area contributed by atoms with Gasteiger partial charge in [-0.25, -0.2) is 9.59 Å². The molecule has 2 amide bonds. The van der Waals surface area contributed by atoms with Crippen molar-refractivity contribution in [2.45, 2.75) is 31.3 Å². The second-order valence-electron chi connectivity index (χ2n) is 4.63. The number of hydrogen-bond acceptors (Lipinski definition) is 4. The van der Waals surface area contributed by atoms with E-state index in [0.29, 0.717) is 18.2 Å². The standard InChI is InChI=1S/C11H18N2O4S/c14-5-8-3-1-2-4-12(8)11(17)13-7-18-6-9(13)10(15)16/h8-9,14H,1-7H2,(H,15,16). The minimum atomic E-state index is -0.953. The van der Waals surface area contributed by atoms with Crippen LogP contribution in [-0.2, 0) is 4.79 Å². The summed E-state index contributed by atoms with van der Waals surface area (Å²) in [4.78, 5) is 26.5. The van der Waals surface area contributed by atoms with Gasteiger partial charge in [0.15, 0.2) is 0 Å². The van der Waals surface area contributed by atoms with E-state index in [1.54, 1.807) is 4.90 Å². The number of likely N-dealkylation sites (tertiary alicyclic amines) is 1. The Morgan fingerprint density at radius 1 is 1.28 bits per heavy atom. The second kappa shape index (κ2) is 5.79. The average Bonchev–Trinajstić information content (AvgIpc) is 2.87. The number of carbonyl (C=O) groups excluding carboxylic acids is 1. The van der Waals surface area contributed by atoms with Crippen LogP contribution in [0.25, 0.3) is 0 Å². The first-order valence-corrected chi connectivity index (χ1v) is 7.29. The van der Waals surface area contributed by atoms with E-state index in [-0.39, 0.29) is 18.7 Å². The molecule has 6 nitrogen and oxygen atoms in total. The SMILES string of the molecule is O=C(O)C1CSCN1C(=O)N1CCCCC1CO. The molecule has 0 spiro atoms. The van der Waals surface area contributed by atoms with E-state index < -0.39 is 12.0 Å². The van der Waals surface area contributed by atoms with Crippen molar-refractivity contribution in [2.24, 2.45) is 0 Å². The van der Waals surface area contributed by atoms with Crippen molar-refractivity contribution >= 4 is 23.8 Å². The lowest BCUT2D eigenvalue weighted by Gasteiger charge is -2.37. The minimum absolute atomic E-state index is 0.0511. The number of aliphatic hydroxyl groups is 1. The number of urea groups is 1. The van der Waals surface area contributed by atoms with E-state index >= 15 is 0 Å². The zero-order chi connectivity index (χ0) is 13.1. The van der Waals surface area contributed by atoms with Crippen LogP contribution in [0.1, 0.15) is 19.3 Å². The number of rotatable bonds is 2. The van der Waals surface area contributed by atoms with Crippen LogP contribution in [0.15, 0.2) is 0 Å². The number of amides is 2. The number of aliphatic carboxylic acids is 1. The Hall–Kier alpha value is -0.950. The van der Waals surface area contributed by atoms with Crippen molar-refractivity contribution < 1.29 is 19.8 Å². The Kier molecular flexibility index (Phi) is 4.34. The van der Waals surface area contributed by atoms with Crippen molar-refractivity contribution in [3.8, 4) is 0 Å². The number of carboxylic acid groups (broad SMARTS) is 1. The van der Waals surface area contributed by atoms with Gasteiger partial charge in [-0.15, -0.1) is 11.8 Å². The number of nitrogens with zero attached hydrogens (tertiary/aromatic N) is 2. The van der Waals surface area contributed by atoms with Crippen LogP contribution in [0.3, 0.4) is 0 Å². The monoisotopic (exact) mass is 274 g/mol. The molecule has 18 heavy (non-hydrogen) atoms. The number of carboxylic acids is 1. The summed E-state index contributed by atoms with van der Waals surface area (Å²) in [6.45, 7) is 0.558. The molecule has 0 aromatic carbocycles. The molecule has 0 aromatic heterocycles. The van der Waals surface area contributed by atoms with Crippen molar-refractivity contribution in [2.75, 3.05) is 24.8 Å². The molecule has 0 aromatic rings. The lowest BCUT2D eigenvalue weighted by Crippen LogP contribution is -2.54. The Balaban J connectivity index is 2.07. The Morgan fingerprint density at radius 2 is 2.06 bits per heavy atom. The summed E-state index contributed by atoms with van der Waals surface area (Å²) in [5.41, 5.74) is 0. The number of thioether (sulfide) groups is 1. The zero-order valence-corrected chi connectivity index (χ0v) is 10.9. The molecule has 0 saturated carbocycles. The minimum Gasteiger partial charge on any atom is -0.480 e. The molecule has 2 heterocycles. The number of carbonyl (C=O) groups is 2. The molecular formula is C11H18N2O4S. The van der Waals surface area contributed by atoms with Crippen molar-refractivity contribution in [1.29, 1.82) is 0 Å². The molecule has 2 unspecified atom stereocenters.